The first-order valence-electron chi connectivity index (χ1n) is 19.9. The number of aromatic nitrogens is 1. The van der Waals surface area contributed by atoms with Gasteiger partial charge in [-0.3, -0.25) is 0 Å². The molecule has 0 saturated heterocycles. The predicted molar refractivity (Wildman–Crippen MR) is 247 cm³/mol. The Morgan fingerprint density at radius 3 is 1.43 bits per heavy atom. The Hall–Kier alpha value is -7.68. The zero-order chi connectivity index (χ0) is 38.4. The van der Waals surface area contributed by atoms with Crippen molar-refractivity contribution < 1.29 is 0 Å². The lowest BCUT2D eigenvalue weighted by Gasteiger charge is -2.28. The van der Waals surface area contributed by atoms with Gasteiger partial charge >= 0.3 is 0 Å². The number of para-hydroxylation sites is 2. The molecule has 0 atom stereocenters. The van der Waals surface area contributed by atoms with Crippen LogP contribution in [0.15, 0.2) is 231 Å². The second-order valence-electron chi connectivity index (χ2n) is 15.0. The minimum absolute atomic E-state index is 1.09. The molecule has 11 rings (SSSR count). The number of rotatable bonds is 7. The second-order valence-corrected chi connectivity index (χ2v) is 15.0. The van der Waals surface area contributed by atoms with E-state index >= 15 is 0 Å². The molecule has 0 spiro atoms. The molecule has 1 aromatic heterocycles. The van der Waals surface area contributed by atoms with Crippen LogP contribution in [0.4, 0.5) is 17.1 Å². The van der Waals surface area contributed by atoms with Crippen LogP contribution >= 0.6 is 0 Å². The highest BCUT2D eigenvalue weighted by molar-refractivity contribution is 6.09. The van der Waals surface area contributed by atoms with Crippen molar-refractivity contribution in [2.24, 2.45) is 0 Å². The lowest BCUT2D eigenvalue weighted by atomic mass is 9.96. The Bertz CT molecular complexity index is 3200. The number of fused-ring (bicyclic) bond motifs is 5. The Morgan fingerprint density at radius 1 is 0.293 bits per heavy atom. The average Bonchev–Trinajstić information content (AvgIpc) is 3.64. The molecule has 0 aliphatic heterocycles. The first-order valence-corrected chi connectivity index (χ1v) is 19.9. The minimum Gasteiger partial charge on any atom is -0.310 e. The molecule has 58 heavy (non-hydrogen) atoms. The molecule has 0 aliphatic rings. The molecule has 11 aromatic rings. The van der Waals surface area contributed by atoms with E-state index in [9.17, 15) is 0 Å². The molecule has 1 heterocycles. The summed E-state index contributed by atoms with van der Waals surface area (Å²) < 4.78 is 2.38. The van der Waals surface area contributed by atoms with Gasteiger partial charge in [-0.05, 0) is 110 Å². The maximum Gasteiger partial charge on any atom is 0.0541 e. The summed E-state index contributed by atoms with van der Waals surface area (Å²) in [6.07, 6.45) is 0. The second kappa shape index (κ2) is 14.1. The molecule has 0 amide bonds. The molecule has 272 valence electrons. The number of hydrogen-bond donors (Lipinski definition) is 0. The van der Waals surface area contributed by atoms with Gasteiger partial charge < -0.3 is 9.47 Å². The maximum atomic E-state index is 2.40. The van der Waals surface area contributed by atoms with Gasteiger partial charge in [0, 0.05) is 33.2 Å². The van der Waals surface area contributed by atoms with Gasteiger partial charge in [-0.15, -0.1) is 0 Å². The third-order valence-electron chi connectivity index (χ3n) is 11.6. The van der Waals surface area contributed by atoms with Gasteiger partial charge in [0.1, 0.15) is 0 Å². The van der Waals surface area contributed by atoms with E-state index in [1.165, 1.54) is 76.7 Å². The summed E-state index contributed by atoms with van der Waals surface area (Å²) in [4.78, 5) is 2.40. The zero-order valence-corrected chi connectivity index (χ0v) is 31.8. The predicted octanol–water partition coefficient (Wildman–Crippen LogP) is 15.6. The molecule has 0 aliphatic carbocycles. The summed E-state index contributed by atoms with van der Waals surface area (Å²) in [6, 6.07) is 83.6. The maximum absolute atomic E-state index is 2.40. The fourth-order valence-corrected chi connectivity index (χ4v) is 8.75. The van der Waals surface area contributed by atoms with Gasteiger partial charge in [0.05, 0.1) is 16.7 Å². The first-order chi connectivity index (χ1) is 28.8. The van der Waals surface area contributed by atoms with Crippen LogP contribution in [-0.4, -0.2) is 4.57 Å². The van der Waals surface area contributed by atoms with Crippen LogP contribution in [0.2, 0.25) is 0 Å². The molecule has 2 nitrogen and oxygen atoms in total. The molecule has 0 unspecified atom stereocenters. The van der Waals surface area contributed by atoms with Crippen molar-refractivity contribution in [3.8, 4) is 39.1 Å². The van der Waals surface area contributed by atoms with Crippen LogP contribution in [-0.2, 0) is 0 Å². The standard InChI is InChI=1S/C56H38N2/c1-2-13-43(14-3-1)49-36-37-56(51-17-7-6-16-50(49)51)57(47-32-34-48(35-33-47)58-54-20-10-8-18-52(54)53-19-9-11-21-55(53)58)46-30-28-41(29-31-46)40-22-24-42(25-23-40)45-27-26-39-12-4-5-15-44(39)38-45/h1-38H. The normalized spacial score (nSPS) is 11.4. The molecule has 0 radical (unpaired) electrons. The Labute approximate surface area is 338 Å². The number of nitrogens with zero attached hydrogens (tertiary/aromatic N) is 2. The fourth-order valence-electron chi connectivity index (χ4n) is 8.75. The topological polar surface area (TPSA) is 8.17 Å². The van der Waals surface area contributed by atoms with Crippen LogP contribution in [0.25, 0.3) is 82.4 Å². The summed E-state index contributed by atoms with van der Waals surface area (Å²) >= 11 is 0. The van der Waals surface area contributed by atoms with Crippen molar-refractivity contribution in [3.05, 3.63) is 231 Å². The van der Waals surface area contributed by atoms with Crippen molar-refractivity contribution in [2.75, 3.05) is 4.90 Å². The van der Waals surface area contributed by atoms with Gasteiger partial charge in [0.2, 0.25) is 0 Å². The summed E-state index contributed by atoms with van der Waals surface area (Å²) in [5, 5.41) is 7.46. The van der Waals surface area contributed by atoms with E-state index < -0.39 is 0 Å². The molecule has 0 N–H and O–H groups in total. The zero-order valence-electron chi connectivity index (χ0n) is 31.8. The number of benzene rings is 10. The van der Waals surface area contributed by atoms with Crippen LogP contribution in [0.5, 0.6) is 0 Å². The lowest BCUT2D eigenvalue weighted by molar-refractivity contribution is 1.17. The number of hydrogen-bond acceptors (Lipinski definition) is 1. The molecule has 0 saturated carbocycles. The van der Waals surface area contributed by atoms with E-state index in [1.807, 2.05) is 0 Å². The van der Waals surface area contributed by atoms with Gasteiger partial charge in [-0.2, -0.15) is 0 Å². The smallest absolute Gasteiger partial charge is 0.0541 e. The average molecular weight is 739 g/mol. The number of anilines is 3. The quantitative estimate of drug-likeness (QED) is 0.158. The van der Waals surface area contributed by atoms with Crippen molar-refractivity contribution in [1.29, 1.82) is 0 Å². The van der Waals surface area contributed by atoms with Crippen molar-refractivity contribution in [2.45, 2.75) is 0 Å². The van der Waals surface area contributed by atoms with Crippen LogP contribution in [0.1, 0.15) is 0 Å². The fraction of sp³-hybridized carbons (Fsp3) is 0. The van der Waals surface area contributed by atoms with Crippen molar-refractivity contribution in [3.63, 3.8) is 0 Å². The molecule has 10 aromatic carbocycles. The summed E-state index contributed by atoms with van der Waals surface area (Å²) in [6.45, 7) is 0. The van der Waals surface area contributed by atoms with Crippen LogP contribution in [0, 0.1) is 0 Å². The van der Waals surface area contributed by atoms with E-state index in [0.717, 1.165) is 22.7 Å². The van der Waals surface area contributed by atoms with E-state index in [1.54, 1.807) is 0 Å². The summed E-state index contributed by atoms with van der Waals surface area (Å²) in [7, 11) is 0. The highest BCUT2D eigenvalue weighted by Gasteiger charge is 2.19. The van der Waals surface area contributed by atoms with Crippen molar-refractivity contribution in [1.82, 2.24) is 4.57 Å². The molecule has 0 bridgehead atoms. The molecule has 2 heteroatoms. The van der Waals surface area contributed by atoms with Gasteiger partial charge in [0.15, 0.2) is 0 Å². The monoisotopic (exact) mass is 738 g/mol. The minimum atomic E-state index is 1.09. The van der Waals surface area contributed by atoms with Gasteiger partial charge in [-0.25, -0.2) is 0 Å². The molecule has 0 fully saturated rings. The molecular formula is C56H38N2. The van der Waals surface area contributed by atoms with Crippen LogP contribution < -0.4 is 4.90 Å². The van der Waals surface area contributed by atoms with E-state index in [2.05, 4.69) is 240 Å². The largest absolute Gasteiger partial charge is 0.310 e. The Kier molecular flexibility index (Phi) is 8.19. The Balaban J connectivity index is 1.00. The third-order valence-corrected chi connectivity index (χ3v) is 11.6. The van der Waals surface area contributed by atoms with E-state index in [4.69, 9.17) is 0 Å². The SMILES string of the molecule is c1ccc(-c2ccc(N(c3ccc(-c4ccc(-c5ccc6ccccc6c5)cc4)cc3)c3ccc(-n4c5ccccc5c5ccccc54)cc3)c3ccccc23)cc1. The molecular weight excluding hydrogens is 701 g/mol. The highest BCUT2D eigenvalue weighted by Crippen LogP contribution is 2.43. The third kappa shape index (κ3) is 5.82. The van der Waals surface area contributed by atoms with E-state index in [0.29, 0.717) is 0 Å². The van der Waals surface area contributed by atoms with Gasteiger partial charge in [0.25, 0.3) is 0 Å². The van der Waals surface area contributed by atoms with Crippen molar-refractivity contribution >= 4 is 60.4 Å². The van der Waals surface area contributed by atoms with Crippen LogP contribution in [0.3, 0.4) is 0 Å². The summed E-state index contributed by atoms with van der Waals surface area (Å²) in [5.74, 6) is 0. The summed E-state index contributed by atoms with van der Waals surface area (Å²) in [5.41, 5.74) is 14.1. The Morgan fingerprint density at radius 2 is 0.776 bits per heavy atom. The lowest BCUT2D eigenvalue weighted by Crippen LogP contribution is -2.11. The highest BCUT2D eigenvalue weighted by atomic mass is 15.1. The van der Waals surface area contributed by atoms with Gasteiger partial charge in [-0.1, -0.05) is 170 Å². The first kappa shape index (κ1) is 33.6. The van der Waals surface area contributed by atoms with E-state index in [-0.39, 0.29) is 0 Å².